The van der Waals surface area contributed by atoms with Crippen molar-refractivity contribution in [2.45, 2.75) is 13.0 Å². The summed E-state index contributed by atoms with van der Waals surface area (Å²) in [6.07, 6.45) is -1.32. The van der Waals surface area contributed by atoms with Crippen LogP contribution in [-0.2, 0) is 9.53 Å². The maximum absolute atomic E-state index is 13.5. The van der Waals surface area contributed by atoms with Crippen molar-refractivity contribution in [3.8, 4) is 0 Å². The van der Waals surface area contributed by atoms with Gasteiger partial charge in [0.15, 0.2) is 28.2 Å². The molecule has 0 unspecified atom stereocenters. The van der Waals surface area contributed by atoms with Crippen LogP contribution in [0.5, 0.6) is 0 Å². The molecule has 1 heterocycles. The lowest BCUT2D eigenvalue weighted by atomic mass is 10.2. The summed E-state index contributed by atoms with van der Waals surface area (Å²) in [5, 5.41) is 2.00. The Kier molecular flexibility index (Phi) is 5.09. The number of carbonyl (C=O) groups excluding carboxylic acids is 2. The van der Waals surface area contributed by atoms with E-state index in [-0.39, 0.29) is 5.76 Å². The molecule has 0 aliphatic carbocycles. The molecule has 2 rings (SSSR count). The maximum Gasteiger partial charge on any atom is 0.375 e. The van der Waals surface area contributed by atoms with Gasteiger partial charge in [0.25, 0.3) is 5.91 Å². The number of esters is 1. The number of amides is 1. The first-order valence-electron chi connectivity index (χ1n) is 6.20. The van der Waals surface area contributed by atoms with E-state index < -0.39 is 41.1 Å². The average Bonchev–Trinajstić information content (AvgIpc) is 2.94. The molecule has 1 N–H and O–H groups in total. The number of hydrogen-bond acceptors (Lipinski definition) is 4. The van der Waals surface area contributed by atoms with Crippen LogP contribution in [0, 0.1) is 17.5 Å². The average molecular weight is 392 g/mol. The highest BCUT2D eigenvalue weighted by Gasteiger charge is 2.23. The van der Waals surface area contributed by atoms with E-state index in [1.807, 2.05) is 5.32 Å². The van der Waals surface area contributed by atoms with Crippen molar-refractivity contribution in [2.75, 3.05) is 5.32 Å². The lowest BCUT2D eigenvalue weighted by Crippen LogP contribution is -2.30. The van der Waals surface area contributed by atoms with Gasteiger partial charge in [0.1, 0.15) is 0 Å². The second-order valence-electron chi connectivity index (χ2n) is 4.36. The van der Waals surface area contributed by atoms with Crippen molar-refractivity contribution in [2.24, 2.45) is 0 Å². The Labute approximate surface area is 136 Å². The van der Waals surface area contributed by atoms with Gasteiger partial charge in [-0.25, -0.2) is 18.0 Å². The number of carbonyl (C=O) groups is 2. The molecule has 1 atom stereocenters. The molecule has 0 spiro atoms. The van der Waals surface area contributed by atoms with Crippen molar-refractivity contribution in [1.29, 1.82) is 0 Å². The molecule has 2 aromatic rings. The first-order chi connectivity index (χ1) is 10.8. The van der Waals surface area contributed by atoms with Crippen LogP contribution in [0.3, 0.4) is 0 Å². The molecule has 0 radical (unpaired) electrons. The lowest BCUT2D eigenvalue weighted by Gasteiger charge is -2.13. The van der Waals surface area contributed by atoms with Gasteiger partial charge < -0.3 is 14.5 Å². The first-order valence-corrected chi connectivity index (χ1v) is 6.99. The van der Waals surface area contributed by atoms with Crippen LogP contribution in [0.4, 0.5) is 18.9 Å². The minimum atomic E-state index is -1.71. The van der Waals surface area contributed by atoms with Gasteiger partial charge in [0.2, 0.25) is 5.76 Å². The highest BCUT2D eigenvalue weighted by atomic mass is 79.9. The standard InChI is InChI=1S/C14H9BrF3NO4/c1-6(22-14(21)9-4-5-10(15)23-9)13(20)19-8-3-2-7(16)11(17)12(8)18/h2-6H,1H3,(H,19,20)/t6-/m1/s1. The Hall–Kier alpha value is -2.29. The van der Waals surface area contributed by atoms with Crippen molar-refractivity contribution < 1.29 is 31.9 Å². The van der Waals surface area contributed by atoms with E-state index in [2.05, 4.69) is 15.9 Å². The largest absolute Gasteiger partial charge is 0.447 e. The Balaban J connectivity index is 2.03. The van der Waals surface area contributed by atoms with Crippen LogP contribution < -0.4 is 5.32 Å². The van der Waals surface area contributed by atoms with Gasteiger partial charge in [-0.15, -0.1) is 0 Å². The normalized spacial score (nSPS) is 11.9. The molecule has 1 amide bonds. The second kappa shape index (κ2) is 6.86. The molecule has 0 saturated carbocycles. The second-order valence-corrected chi connectivity index (χ2v) is 5.15. The number of halogens is 4. The van der Waals surface area contributed by atoms with Crippen LogP contribution in [0.1, 0.15) is 17.5 Å². The van der Waals surface area contributed by atoms with Crippen LogP contribution in [-0.4, -0.2) is 18.0 Å². The molecular formula is C14H9BrF3NO4. The number of nitrogens with one attached hydrogen (secondary N) is 1. The quantitative estimate of drug-likeness (QED) is 0.637. The van der Waals surface area contributed by atoms with Crippen molar-refractivity contribution in [3.63, 3.8) is 0 Å². The zero-order valence-electron chi connectivity index (χ0n) is 11.5. The van der Waals surface area contributed by atoms with Gasteiger partial charge in [-0.05, 0) is 47.1 Å². The zero-order chi connectivity index (χ0) is 17.1. The summed E-state index contributed by atoms with van der Waals surface area (Å²) in [5.41, 5.74) is -0.572. The van der Waals surface area contributed by atoms with E-state index in [1.165, 1.54) is 19.1 Å². The van der Waals surface area contributed by atoms with Gasteiger partial charge in [-0.3, -0.25) is 4.79 Å². The van der Waals surface area contributed by atoms with Gasteiger partial charge in [-0.2, -0.15) is 0 Å². The summed E-state index contributed by atoms with van der Waals surface area (Å²) in [6, 6.07) is 4.29. The first kappa shape index (κ1) is 17.1. The van der Waals surface area contributed by atoms with Crippen LogP contribution in [0.15, 0.2) is 33.4 Å². The summed E-state index contributed by atoms with van der Waals surface area (Å²) in [5.74, 6) is -6.63. The van der Waals surface area contributed by atoms with Crippen molar-refractivity contribution in [1.82, 2.24) is 0 Å². The van der Waals surface area contributed by atoms with Crippen molar-refractivity contribution in [3.05, 3.63) is 52.1 Å². The molecule has 9 heteroatoms. The SMILES string of the molecule is C[C@@H](OC(=O)c1ccc(Br)o1)C(=O)Nc1ccc(F)c(F)c1F. The molecule has 1 aromatic carbocycles. The summed E-state index contributed by atoms with van der Waals surface area (Å²) in [7, 11) is 0. The van der Waals surface area contributed by atoms with Gasteiger partial charge in [0.05, 0.1) is 5.69 Å². The van der Waals surface area contributed by atoms with Gasteiger partial charge in [0, 0.05) is 0 Å². The highest BCUT2D eigenvalue weighted by molar-refractivity contribution is 9.10. The number of benzene rings is 1. The third kappa shape index (κ3) is 3.92. The summed E-state index contributed by atoms with van der Waals surface area (Å²) >= 11 is 3.00. The maximum atomic E-state index is 13.5. The van der Waals surface area contributed by atoms with Crippen LogP contribution in [0.2, 0.25) is 0 Å². The number of rotatable bonds is 4. The minimum absolute atomic E-state index is 0.143. The fourth-order valence-electron chi connectivity index (χ4n) is 1.55. The number of hydrogen-bond donors (Lipinski definition) is 1. The smallest absolute Gasteiger partial charge is 0.375 e. The molecule has 0 bridgehead atoms. The highest BCUT2D eigenvalue weighted by Crippen LogP contribution is 2.20. The summed E-state index contributed by atoms with van der Waals surface area (Å²) in [4.78, 5) is 23.5. The Morgan fingerprint density at radius 3 is 2.48 bits per heavy atom. The molecule has 0 aliphatic rings. The third-order valence-electron chi connectivity index (χ3n) is 2.72. The van der Waals surface area contributed by atoms with E-state index in [0.29, 0.717) is 10.7 Å². The third-order valence-corrected chi connectivity index (χ3v) is 3.15. The topological polar surface area (TPSA) is 68.5 Å². The predicted molar refractivity (Wildman–Crippen MR) is 76.2 cm³/mol. The van der Waals surface area contributed by atoms with E-state index in [4.69, 9.17) is 9.15 Å². The monoisotopic (exact) mass is 391 g/mol. The predicted octanol–water partition coefficient (Wildman–Crippen LogP) is 3.64. The number of anilines is 1. The van der Waals surface area contributed by atoms with E-state index in [1.54, 1.807) is 0 Å². The fourth-order valence-corrected chi connectivity index (χ4v) is 1.86. The minimum Gasteiger partial charge on any atom is -0.447 e. The Morgan fingerprint density at radius 2 is 1.87 bits per heavy atom. The van der Waals surface area contributed by atoms with E-state index in [9.17, 15) is 22.8 Å². The Bertz CT molecular complexity index is 762. The lowest BCUT2D eigenvalue weighted by molar-refractivity contribution is -0.123. The van der Waals surface area contributed by atoms with Crippen LogP contribution >= 0.6 is 15.9 Å². The Morgan fingerprint density at radius 1 is 1.17 bits per heavy atom. The number of furan rings is 1. The summed E-state index contributed by atoms with van der Waals surface area (Å²) < 4.78 is 49.4. The molecular weight excluding hydrogens is 383 g/mol. The van der Waals surface area contributed by atoms with E-state index in [0.717, 1.165) is 6.07 Å². The molecule has 0 fully saturated rings. The molecule has 1 aromatic heterocycles. The van der Waals surface area contributed by atoms with E-state index >= 15 is 0 Å². The molecule has 0 aliphatic heterocycles. The fraction of sp³-hybridized carbons (Fsp3) is 0.143. The number of ether oxygens (including phenoxy) is 1. The van der Waals surface area contributed by atoms with Crippen LogP contribution in [0.25, 0.3) is 0 Å². The molecule has 0 saturated heterocycles. The summed E-state index contributed by atoms with van der Waals surface area (Å²) in [6.45, 7) is 1.23. The zero-order valence-corrected chi connectivity index (χ0v) is 13.1. The molecule has 122 valence electrons. The van der Waals surface area contributed by atoms with Crippen molar-refractivity contribution >= 4 is 33.5 Å². The van der Waals surface area contributed by atoms with Gasteiger partial charge >= 0.3 is 5.97 Å². The molecule has 5 nitrogen and oxygen atoms in total. The molecule has 23 heavy (non-hydrogen) atoms. The van der Waals surface area contributed by atoms with Gasteiger partial charge in [-0.1, -0.05) is 0 Å².